The Balaban J connectivity index is 2.36. The quantitative estimate of drug-likeness (QED) is 0.798. The Bertz CT molecular complexity index is 458. The molecule has 0 bridgehead atoms. The summed E-state index contributed by atoms with van der Waals surface area (Å²) in [5, 5.41) is 0. The van der Waals surface area contributed by atoms with E-state index in [2.05, 4.69) is 20.8 Å². The van der Waals surface area contributed by atoms with Crippen LogP contribution >= 0.6 is 15.9 Å². The van der Waals surface area contributed by atoms with Crippen LogP contribution in [-0.4, -0.2) is 44.3 Å². The number of methoxy groups -OCH3 is 1. The summed E-state index contributed by atoms with van der Waals surface area (Å²) in [6.07, 6.45) is 0. The van der Waals surface area contributed by atoms with Gasteiger partial charge in [-0.15, -0.1) is 0 Å². The molecule has 1 saturated heterocycles. The van der Waals surface area contributed by atoms with Gasteiger partial charge in [-0.2, -0.15) is 0 Å². The maximum Gasteiger partial charge on any atom is 0.327 e. The van der Waals surface area contributed by atoms with Crippen molar-refractivity contribution < 1.29 is 14.3 Å². The fraction of sp³-hybridized carbons (Fsp3) is 0.500. The Kier molecular flexibility index (Phi) is 4.96. The molecule has 0 spiro atoms. The molecule has 4 nitrogen and oxygen atoms in total. The highest BCUT2D eigenvalue weighted by Gasteiger charge is 2.31. The number of morpholine rings is 1. The minimum Gasteiger partial charge on any atom is -0.468 e. The molecule has 0 aliphatic carbocycles. The van der Waals surface area contributed by atoms with Gasteiger partial charge in [0.1, 0.15) is 6.04 Å². The van der Waals surface area contributed by atoms with E-state index in [-0.39, 0.29) is 12.0 Å². The molecule has 1 aliphatic rings. The third kappa shape index (κ3) is 3.35. The molecule has 1 atom stereocenters. The first kappa shape index (κ1) is 14.5. The molecule has 19 heavy (non-hydrogen) atoms. The second-order valence-corrected chi connectivity index (χ2v) is 5.49. The highest BCUT2D eigenvalue weighted by molar-refractivity contribution is 9.10. The van der Waals surface area contributed by atoms with Gasteiger partial charge in [-0.25, -0.2) is 4.79 Å². The predicted molar refractivity (Wildman–Crippen MR) is 76.0 cm³/mol. The molecule has 0 saturated carbocycles. The van der Waals surface area contributed by atoms with Crippen molar-refractivity contribution in [2.75, 3.05) is 33.4 Å². The molecule has 0 N–H and O–H groups in total. The number of ether oxygens (including phenoxy) is 2. The molecule has 5 heteroatoms. The molecular weight excluding hydrogens is 310 g/mol. The van der Waals surface area contributed by atoms with Crippen LogP contribution in [0.2, 0.25) is 0 Å². The number of nitrogens with zero attached hydrogens (tertiary/aromatic N) is 1. The fourth-order valence-corrected chi connectivity index (χ4v) is 2.70. The Morgan fingerprint density at radius 2 is 2.11 bits per heavy atom. The molecule has 0 radical (unpaired) electrons. The Labute approximate surface area is 121 Å². The SMILES string of the molecule is COC(=O)C(c1cc(Br)ccc1C)N1CCOCC1. The van der Waals surface area contributed by atoms with Gasteiger partial charge in [0, 0.05) is 17.6 Å². The lowest BCUT2D eigenvalue weighted by molar-refractivity contribution is -0.149. The van der Waals surface area contributed by atoms with Gasteiger partial charge < -0.3 is 9.47 Å². The Morgan fingerprint density at radius 3 is 2.74 bits per heavy atom. The van der Waals surface area contributed by atoms with Gasteiger partial charge >= 0.3 is 5.97 Å². The van der Waals surface area contributed by atoms with Crippen molar-refractivity contribution in [3.05, 3.63) is 33.8 Å². The minimum absolute atomic E-state index is 0.219. The molecule has 2 rings (SSSR count). The summed E-state index contributed by atoms with van der Waals surface area (Å²) in [5.41, 5.74) is 2.08. The van der Waals surface area contributed by atoms with E-state index in [1.54, 1.807) is 0 Å². The van der Waals surface area contributed by atoms with Gasteiger partial charge in [-0.1, -0.05) is 22.0 Å². The van der Waals surface area contributed by atoms with E-state index >= 15 is 0 Å². The number of carbonyl (C=O) groups is 1. The van der Waals surface area contributed by atoms with E-state index in [1.807, 2.05) is 25.1 Å². The maximum absolute atomic E-state index is 12.2. The molecule has 1 fully saturated rings. The van der Waals surface area contributed by atoms with Crippen molar-refractivity contribution in [2.24, 2.45) is 0 Å². The number of aryl methyl sites for hydroxylation is 1. The molecular formula is C14H18BrNO3. The van der Waals surface area contributed by atoms with Gasteiger partial charge in [0.05, 0.1) is 20.3 Å². The average Bonchev–Trinajstić information content (AvgIpc) is 2.44. The Morgan fingerprint density at radius 1 is 1.42 bits per heavy atom. The van der Waals surface area contributed by atoms with Crippen LogP contribution in [0, 0.1) is 6.92 Å². The van der Waals surface area contributed by atoms with E-state index in [0.29, 0.717) is 13.2 Å². The summed E-state index contributed by atoms with van der Waals surface area (Å²) >= 11 is 3.46. The molecule has 1 aromatic carbocycles. The van der Waals surface area contributed by atoms with E-state index in [9.17, 15) is 4.79 Å². The van der Waals surface area contributed by atoms with Crippen molar-refractivity contribution in [1.82, 2.24) is 4.90 Å². The summed E-state index contributed by atoms with van der Waals surface area (Å²) in [6, 6.07) is 5.63. The monoisotopic (exact) mass is 327 g/mol. The van der Waals surface area contributed by atoms with Crippen LogP contribution < -0.4 is 0 Å². The van der Waals surface area contributed by atoms with E-state index in [1.165, 1.54) is 7.11 Å². The summed E-state index contributed by atoms with van der Waals surface area (Å²) < 4.78 is 11.3. The minimum atomic E-state index is -0.355. The standard InChI is InChI=1S/C14H18BrNO3/c1-10-3-4-11(15)9-12(10)13(14(17)18-2)16-5-7-19-8-6-16/h3-4,9,13H,5-8H2,1-2H3. The molecule has 1 unspecified atom stereocenters. The van der Waals surface area contributed by atoms with Gasteiger partial charge in [0.2, 0.25) is 0 Å². The van der Waals surface area contributed by atoms with Gasteiger partial charge in [0.15, 0.2) is 0 Å². The van der Waals surface area contributed by atoms with Gasteiger partial charge in [-0.3, -0.25) is 4.90 Å². The smallest absolute Gasteiger partial charge is 0.327 e. The zero-order valence-electron chi connectivity index (χ0n) is 11.2. The third-order valence-electron chi connectivity index (χ3n) is 3.37. The second kappa shape index (κ2) is 6.50. The van der Waals surface area contributed by atoms with Crippen LogP contribution in [0.4, 0.5) is 0 Å². The number of halogens is 1. The summed E-state index contributed by atoms with van der Waals surface area (Å²) in [6.45, 7) is 4.80. The third-order valence-corrected chi connectivity index (χ3v) is 3.86. The lowest BCUT2D eigenvalue weighted by Gasteiger charge is -2.33. The molecule has 1 aliphatic heterocycles. The topological polar surface area (TPSA) is 38.8 Å². The summed E-state index contributed by atoms with van der Waals surface area (Å²) in [4.78, 5) is 14.3. The van der Waals surface area contributed by atoms with E-state index < -0.39 is 0 Å². The van der Waals surface area contributed by atoms with Crippen molar-refractivity contribution in [3.63, 3.8) is 0 Å². The first-order chi connectivity index (χ1) is 9.13. The first-order valence-electron chi connectivity index (χ1n) is 6.29. The number of carbonyl (C=O) groups excluding carboxylic acids is 1. The van der Waals surface area contributed by atoms with Crippen LogP contribution in [0.3, 0.4) is 0 Å². The number of hydrogen-bond acceptors (Lipinski definition) is 4. The number of esters is 1. The number of benzene rings is 1. The van der Waals surface area contributed by atoms with Crippen LogP contribution in [-0.2, 0) is 14.3 Å². The zero-order valence-corrected chi connectivity index (χ0v) is 12.8. The zero-order chi connectivity index (χ0) is 13.8. The Hall–Kier alpha value is -0.910. The lowest BCUT2D eigenvalue weighted by Crippen LogP contribution is -2.42. The molecule has 0 amide bonds. The highest BCUT2D eigenvalue weighted by Crippen LogP contribution is 2.28. The van der Waals surface area contributed by atoms with Crippen LogP contribution in [0.5, 0.6) is 0 Å². The average molecular weight is 328 g/mol. The molecule has 104 valence electrons. The van der Waals surface area contributed by atoms with E-state index in [4.69, 9.17) is 9.47 Å². The van der Waals surface area contributed by atoms with Crippen molar-refractivity contribution in [1.29, 1.82) is 0 Å². The number of rotatable bonds is 3. The van der Waals surface area contributed by atoms with Crippen LogP contribution in [0.1, 0.15) is 17.2 Å². The maximum atomic E-state index is 12.2. The van der Waals surface area contributed by atoms with Crippen molar-refractivity contribution >= 4 is 21.9 Å². The molecule has 1 aromatic rings. The predicted octanol–water partition coefficient (Wildman–Crippen LogP) is 2.30. The normalized spacial score (nSPS) is 18.1. The fourth-order valence-electron chi connectivity index (χ4n) is 2.33. The molecule has 0 aromatic heterocycles. The molecule has 1 heterocycles. The van der Waals surface area contributed by atoms with Gasteiger partial charge in [0.25, 0.3) is 0 Å². The lowest BCUT2D eigenvalue weighted by atomic mass is 9.99. The van der Waals surface area contributed by atoms with E-state index in [0.717, 1.165) is 28.7 Å². The summed E-state index contributed by atoms with van der Waals surface area (Å²) in [7, 11) is 1.43. The number of hydrogen-bond donors (Lipinski definition) is 0. The van der Waals surface area contributed by atoms with Crippen molar-refractivity contribution in [2.45, 2.75) is 13.0 Å². The highest BCUT2D eigenvalue weighted by atomic mass is 79.9. The summed E-state index contributed by atoms with van der Waals surface area (Å²) in [5.74, 6) is -0.219. The largest absolute Gasteiger partial charge is 0.468 e. The van der Waals surface area contributed by atoms with Gasteiger partial charge in [-0.05, 0) is 30.2 Å². The van der Waals surface area contributed by atoms with Crippen LogP contribution in [0.15, 0.2) is 22.7 Å². The second-order valence-electron chi connectivity index (χ2n) is 4.57. The van der Waals surface area contributed by atoms with Crippen LogP contribution in [0.25, 0.3) is 0 Å². The van der Waals surface area contributed by atoms with Crippen molar-refractivity contribution in [3.8, 4) is 0 Å². The first-order valence-corrected chi connectivity index (χ1v) is 7.08.